The molecule has 3 rings (SSSR count). The molecule has 0 aliphatic carbocycles. The Morgan fingerprint density at radius 2 is 1.74 bits per heavy atom. The van der Waals surface area contributed by atoms with Gasteiger partial charge in [0.2, 0.25) is 5.09 Å². The first kappa shape index (κ1) is 15.6. The molecule has 6 nitrogen and oxygen atoms in total. The van der Waals surface area contributed by atoms with E-state index in [2.05, 4.69) is 21.2 Å². The van der Waals surface area contributed by atoms with Gasteiger partial charge in [-0.2, -0.15) is 8.42 Å². The molecular formula is C15H11BrN2O4S. The van der Waals surface area contributed by atoms with Gasteiger partial charge in [-0.15, -0.1) is 0 Å². The van der Waals surface area contributed by atoms with Crippen LogP contribution in [0.1, 0.15) is 0 Å². The molecule has 2 amide bonds. The molecule has 3 aromatic rings. The Hall–Kier alpha value is -2.32. The Labute approximate surface area is 140 Å². The molecule has 1 aromatic heterocycles. The maximum absolute atomic E-state index is 12.2. The fourth-order valence-electron chi connectivity index (χ4n) is 1.95. The van der Waals surface area contributed by atoms with Crippen LogP contribution in [0.4, 0.5) is 10.5 Å². The SMILES string of the molecule is O=C(Nc1ccc(Br)cc1)NS(=O)(=O)c1cc2ccccc2o1. The van der Waals surface area contributed by atoms with Gasteiger partial charge in [-0.3, -0.25) is 0 Å². The van der Waals surface area contributed by atoms with E-state index in [9.17, 15) is 13.2 Å². The number of urea groups is 1. The lowest BCUT2D eigenvalue weighted by atomic mass is 10.3. The summed E-state index contributed by atoms with van der Waals surface area (Å²) in [7, 11) is -4.09. The number of carbonyl (C=O) groups excluding carboxylic acids is 1. The topological polar surface area (TPSA) is 88.4 Å². The number of para-hydroxylation sites is 1. The molecule has 118 valence electrons. The number of benzene rings is 2. The molecule has 8 heteroatoms. The molecule has 2 N–H and O–H groups in total. The molecule has 1 heterocycles. The van der Waals surface area contributed by atoms with Gasteiger partial charge in [0.15, 0.2) is 0 Å². The van der Waals surface area contributed by atoms with Gasteiger partial charge in [-0.05, 0) is 30.3 Å². The van der Waals surface area contributed by atoms with Crippen molar-refractivity contribution in [2.45, 2.75) is 5.09 Å². The number of sulfonamides is 1. The summed E-state index contributed by atoms with van der Waals surface area (Å²) in [5.41, 5.74) is 0.895. The highest BCUT2D eigenvalue weighted by atomic mass is 79.9. The Bertz CT molecular complexity index is 932. The normalized spacial score (nSPS) is 11.3. The third kappa shape index (κ3) is 3.54. The first-order valence-electron chi connectivity index (χ1n) is 6.52. The largest absolute Gasteiger partial charge is 0.443 e. The van der Waals surface area contributed by atoms with Gasteiger partial charge in [0.1, 0.15) is 5.58 Å². The average Bonchev–Trinajstić information content (AvgIpc) is 2.94. The van der Waals surface area contributed by atoms with Crippen molar-refractivity contribution in [3.8, 4) is 0 Å². The van der Waals surface area contributed by atoms with Gasteiger partial charge < -0.3 is 9.73 Å². The van der Waals surface area contributed by atoms with Crippen LogP contribution in [0.3, 0.4) is 0 Å². The number of hydrogen-bond donors (Lipinski definition) is 2. The van der Waals surface area contributed by atoms with E-state index >= 15 is 0 Å². The minimum absolute atomic E-state index is 0.315. The van der Waals surface area contributed by atoms with Gasteiger partial charge in [0.05, 0.1) is 0 Å². The molecule has 0 saturated carbocycles. The van der Waals surface area contributed by atoms with Crippen LogP contribution in [0, 0.1) is 0 Å². The van der Waals surface area contributed by atoms with Gasteiger partial charge in [-0.25, -0.2) is 9.52 Å². The van der Waals surface area contributed by atoms with Crippen molar-refractivity contribution < 1.29 is 17.6 Å². The molecule has 0 bridgehead atoms. The quantitative estimate of drug-likeness (QED) is 0.708. The number of furan rings is 1. The minimum atomic E-state index is -4.09. The van der Waals surface area contributed by atoms with E-state index in [0.29, 0.717) is 16.7 Å². The van der Waals surface area contributed by atoms with Crippen molar-refractivity contribution in [2.24, 2.45) is 0 Å². The molecule has 0 aliphatic rings. The number of hydrogen-bond acceptors (Lipinski definition) is 4. The Balaban J connectivity index is 1.77. The predicted molar refractivity (Wildman–Crippen MR) is 89.7 cm³/mol. The van der Waals surface area contributed by atoms with E-state index in [0.717, 1.165) is 4.47 Å². The van der Waals surface area contributed by atoms with Crippen LogP contribution in [0.25, 0.3) is 11.0 Å². The van der Waals surface area contributed by atoms with E-state index in [-0.39, 0.29) is 5.09 Å². The van der Waals surface area contributed by atoms with Crippen LogP contribution in [0.5, 0.6) is 0 Å². The van der Waals surface area contributed by atoms with E-state index < -0.39 is 16.1 Å². The number of carbonyl (C=O) groups is 1. The summed E-state index contributed by atoms with van der Waals surface area (Å²) in [6.07, 6.45) is 0. The third-order valence-corrected chi connectivity index (χ3v) is 4.71. The highest BCUT2D eigenvalue weighted by molar-refractivity contribution is 9.10. The Kier molecular flexibility index (Phi) is 4.10. The fourth-order valence-corrected chi connectivity index (χ4v) is 3.09. The average molecular weight is 395 g/mol. The van der Waals surface area contributed by atoms with Crippen LogP contribution in [-0.4, -0.2) is 14.4 Å². The molecule has 2 aromatic carbocycles. The standard InChI is InChI=1S/C15H11BrN2O4S/c16-11-5-7-12(8-6-11)17-15(19)18-23(20,21)14-9-10-3-1-2-4-13(10)22-14/h1-9H,(H2,17,18,19). The maximum Gasteiger partial charge on any atom is 0.333 e. The third-order valence-electron chi connectivity index (χ3n) is 3.00. The lowest BCUT2D eigenvalue weighted by Crippen LogP contribution is -2.34. The van der Waals surface area contributed by atoms with Crippen molar-refractivity contribution in [2.75, 3.05) is 5.32 Å². The summed E-state index contributed by atoms with van der Waals surface area (Å²) in [6.45, 7) is 0. The molecular weight excluding hydrogens is 384 g/mol. The molecule has 0 fully saturated rings. The van der Waals surface area contributed by atoms with Crippen LogP contribution in [0.2, 0.25) is 0 Å². The van der Waals surface area contributed by atoms with E-state index in [1.165, 1.54) is 6.07 Å². The Morgan fingerprint density at radius 3 is 2.43 bits per heavy atom. The number of nitrogens with one attached hydrogen (secondary N) is 2. The van der Waals surface area contributed by atoms with Crippen LogP contribution >= 0.6 is 15.9 Å². The second-order valence-corrected chi connectivity index (χ2v) is 7.20. The van der Waals surface area contributed by atoms with E-state index in [4.69, 9.17) is 4.42 Å². The van der Waals surface area contributed by atoms with E-state index in [1.807, 2.05) is 4.72 Å². The van der Waals surface area contributed by atoms with Crippen LogP contribution in [-0.2, 0) is 10.0 Å². The van der Waals surface area contributed by atoms with Gasteiger partial charge >= 0.3 is 6.03 Å². The zero-order chi connectivity index (χ0) is 16.4. The van der Waals surface area contributed by atoms with Crippen molar-refractivity contribution in [1.82, 2.24) is 4.72 Å². The summed E-state index contributed by atoms with van der Waals surface area (Å²) in [5, 5.41) is 2.76. The summed E-state index contributed by atoms with van der Waals surface area (Å²) in [6, 6.07) is 14.1. The number of halogens is 1. The zero-order valence-electron chi connectivity index (χ0n) is 11.6. The summed E-state index contributed by atoms with van der Waals surface area (Å²) in [4.78, 5) is 11.8. The summed E-state index contributed by atoms with van der Waals surface area (Å²) >= 11 is 3.27. The molecule has 0 spiro atoms. The van der Waals surface area contributed by atoms with Crippen LogP contribution in [0.15, 0.2) is 68.6 Å². The molecule has 0 radical (unpaired) electrons. The molecule has 0 saturated heterocycles. The van der Waals surface area contributed by atoms with Crippen LogP contribution < -0.4 is 10.0 Å². The highest BCUT2D eigenvalue weighted by Gasteiger charge is 2.22. The van der Waals surface area contributed by atoms with Gasteiger partial charge in [0, 0.05) is 21.6 Å². The number of anilines is 1. The highest BCUT2D eigenvalue weighted by Crippen LogP contribution is 2.22. The lowest BCUT2D eigenvalue weighted by molar-refractivity contribution is 0.256. The fraction of sp³-hybridized carbons (Fsp3) is 0. The summed E-state index contributed by atoms with van der Waals surface area (Å²) < 4.78 is 32.4. The zero-order valence-corrected chi connectivity index (χ0v) is 14.0. The first-order chi connectivity index (χ1) is 10.9. The summed E-state index contributed by atoms with van der Waals surface area (Å²) in [5.74, 6) is 0. The molecule has 0 unspecified atom stereocenters. The number of amides is 2. The Morgan fingerprint density at radius 1 is 1.04 bits per heavy atom. The van der Waals surface area contributed by atoms with Crippen molar-refractivity contribution in [3.63, 3.8) is 0 Å². The predicted octanol–water partition coefficient (Wildman–Crippen LogP) is 3.71. The molecule has 23 heavy (non-hydrogen) atoms. The maximum atomic E-state index is 12.2. The van der Waals surface area contributed by atoms with Gasteiger partial charge in [0.25, 0.3) is 10.0 Å². The minimum Gasteiger partial charge on any atom is -0.443 e. The molecule has 0 aliphatic heterocycles. The molecule has 0 atom stereocenters. The smallest absolute Gasteiger partial charge is 0.333 e. The van der Waals surface area contributed by atoms with Gasteiger partial charge in [-0.1, -0.05) is 34.1 Å². The number of fused-ring (bicyclic) bond motifs is 1. The monoisotopic (exact) mass is 394 g/mol. The second kappa shape index (κ2) is 6.05. The van der Waals surface area contributed by atoms with Crippen molar-refractivity contribution in [1.29, 1.82) is 0 Å². The number of rotatable bonds is 3. The first-order valence-corrected chi connectivity index (χ1v) is 8.80. The second-order valence-electron chi connectivity index (χ2n) is 4.67. The van der Waals surface area contributed by atoms with E-state index in [1.54, 1.807) is 48.5 Å². The van der Waals surface area contributed by atoms with Crippen molar-refractivity contribution >= 4 is 48.6 Å². The lowest BCUT2D eigenvalue weighted by Gasteiger charge is -2.06. The van der Waals surface area contributed by atoms with Crippen molar-refractivity contribution in [3.05, 3.63) is 59.1 Å².